The highest BCUT2D eigenvalue weighted by Gasteiger charge is 2.58. The molecule has 1 amide bonds. The summed E-state index contributed by atoms with van der Waals surface area (Å²) in [5.41, 5.74) is 4.18. The molecule has 1 aromatic carbocycles. The fourth-order valence-electron chi connectivity index (χ4n) is 5.25. The highest BCUT2D eigenvalue weighted by atomic mass is 19.4. The van der Waals surface area contributed by atoms with E-state index in [4.69, 9.17) is 19.4 Å². The third kappa shape index (κ3) is 6.25. The second-order valence-electron chi connectivity index (χ2n) is 10.7. The van der Waals surface area contributed by atoms with E-state index in [0.717, 1.165) is 11.3 Å². The Balaban J connectivity index is 0.000000499. The van der Waals surface area contributed by atoms with Crippen LogP contribution in [0.5, 0.6) is 0 Å². The van der Waals surface area contributed by atoms with E-state index in [-0.39, 0.29) is 17.8 Å². The lowest BCUT2D eigenvalue weighted by atomic mass is 10.0. The van der Waals surface area contributed by atoms with Crippen LogP contribution in [0.15, 0.2) is 42.7 Å². The van der Waals surface area contributed by atoms with Crippen LogP contribution in [0.4, 0.5) is 43.5 Å². The summed E-state index contributed by atoms with van der Waals surface area (Å²) in [6.45, 7) is 1.45. The number of amides is 1. The summed E-state index contributed by atoms with van der Waals surface area (Å²) < 4.78 is 86.1. The van der Waals surface area contributed by atoms with Crippen LogP contribution in [0.2, 0.25) is 0 Å². The lowest BCUT2D eigenvalue weighted by molar-refractivity contribution is -0.192. The molecule has 3 aliphatic rings. The molecule has 12 nitrogen and oxygen atoms in total. The van der Waals surface area contributed by atoms with Gasteiger partial charge in [0.1, 0.15) is 11.5 Å². The van der Waals surface area contributed by atoms with E-state index in [1.165, 1.54) is 16.8 Å². The number of carbonyl (C=O) groups excluding carboxylic acids is 1. The number of aliphatic carboxylic acids is 1. The molecule has 248 valence electrons. The Hall–Kier alpha value is -4.97. The molecule has 0 bridgehead atoms. The molecule has 3 N–H and O–H groups in total. The van der Waals surface area contributed by atoms with Crippen molar-refractivity contribution in [2.45, 2.75) is 37.3 Å². The summed E-state index contributed by atoms with van der Waals surface area (Å²) in [6.07, 6.45) is -2.60. The van der Waals surface area contributed by atoms with Gasteiger partial charge in [0.05, 0.1) is 31.1 Å². The van der Waals surface area contributed by atoms with Crippen molar-refractivity contribution in [3.8, 4) is 11.3 Å². The zero-order valence-corrected chi connectivity index (χ0v) is 24.3. The molecule has 5 heterocycles. The number of pyridine rings is 1. The van der Waals surface area contributed by atoms with Crippen molar-refractivity contribution in [3.63, 3.8) is 0 Å². The Morgan fingerprint density at radius 2 is 1.81 bits per heavy atom. The third-order valence-corrected chi connectivity index (χ3v) is 7.65. The molecular formula is C29H25F6N7O5. The van der Waals surface area contributed by atoms with Gasteiger partial charge in [-0.3, -0.25) is 9.78 Å². The van der Waals surface area contributed by atoms with E-state index >= 15 is 4.39 Å². The molecule has 18 heteroatoms. The molecule has 47 heavy (non-hydrogen) atoms. The van der Waals surface area contributed by atoms with Crippen LogP contribution in [-0.4, -0.2) is 81.5 Å². The molecule has 3 aromatic heterocycles. The molecule has 4 aromatic rings. The second-order valence-corrected chi connectivity index (χ2v) is 10.7. The summed E-state index contributed by atoms with van der Waals surface area (Å²) in [5, 5.41) is 17.2. The van der Waals surface area contributed by atoms with Crippen LogP contribution in [0, 0.1) is 5.82 Å². The maximum Gasteiger partial charge on any atom is 0.490 e. The minimum Gasteiger partial charge on any atom is -0.475 e. The van der Waals surface area contributed by atoms with Gasteiger partial charge in [0, 0.05) is 49.1 Å². The van der Waals surface area contributed by atoms with Gasteiger partial charge < -0.3 is 30.1 Å². The largest absolute Gasteiger partial charge is 0.490 e. The van der Waals surface area contributed by atoms with Gasteiger partial charge >= 0.3 is 12.1 Å². The first-order valence-electron chi connectivity index (χ1n) is 14.1. The number of aromatic nitrogens is 4. The lowest BCUT2D eigenvalue weighted by Gasteiger charge is -2.20. The van der Waals surface area contributed by atoms with Crippen LogP contribution in [0.1, 0.15) is 34.3 Å². The molecule has 0 radical (unpaired) electrons. The first kappa shape index (κ1) is 32.0. The molecule has 0 spiro atoms. The first-order chi connectivity index (χ1) is 22.3. The predicted octanol–water partition coefficient (Wildman–Crippen LogP) is 4.48. The maximum absolute atomic E-state index is 15.3. The molecule has 1 saturated carbocycles. The number of carboxylic acid groups (broad SMARTS) is 1. The number of nitrogens with one attached hydrogen (secondary N) is 2. The average molecular weight is 666 g/mol. The molecular weight excluding hydrogens is 640 g/mol. The molecule has 1 saturated heterocycles. The number of alkyl halides is 5. The monoisotopic (exact) mass is 665 g/mol. The van der Waals surface area contributed by atoms with Crippen molar-refractivity contribution in [3.05, 3.63) is 65.4 Å². The van der Waals surface area contributed by atoms with Gasteiger partial charge in [-0.2, -0.15) is 13.2 Å². The van der Waals surface area contributed by atoms with Gasteiger partial charge in [-0.15, -0.1) is 5.10 Å². The number of fused-ring (bicyclic) bond motifs is 2. The van der Waals surface area contributed by atoms with E-state index in [1.807, 2.05) is 23.1 Å². The summed E-state index contributed by atoms with van der Waals surface area (Å²) in [4.78, 5) is 32.3. The number of rotatable bonds is 6. The summed E-state index contributed by atoms with van der Waals surface area (Å²) in [6, 6.07) is 7.58. The lowest BCUT2D eigenvalue weighted by Crippen LogP contribution is -2.30. The van der Waals surface area contributed by atoms with E-state index in [2.05, 4.69) is 25.7 Å². The molecule has 7 rings (SSSR count). The van der Waals surface area contributed by atoms with Crippen molar-refractivity contribution in [2.75, 3.05) is 37.0 Å². The van der Waals surface area contributed by atoms with Crippen molar-refractivity contribution in [1.82, 2.24) is 24.9 Å². The third-order valence-electron chi connectivity index (χ3n) is 7.65. The Labute approximate surface area is 261 Å². The number of carboxylic acids is 1. The number of hydrogen-bond donors (Lipinski definition) is 3. The molecule has 1 aliphatic carbocycles. The Kier molecular flexibility index (Phi) is 8.17. The number of halogens is 6. The summed E-state index contributed by atoms with van der Waals surface area (Å²) in [7, 11) is 1.72. The van der Waals surface area contributed by atoms with Crippen molar-refractivity contribution in [1.29, 1.82) is 0 Å². The van der Waals surface area contributed by atoms with E-state index in [9.17, 15) is 26.7 Å². The topological polar surface area (TPSA) is 143 Å². The van der Waals surface area contributed by atoms with E-state index < -0.39 is 42.1 Å². The van der Waals surface area contributed by atoms with Crippen molar-refractivity contribution < 1.29 is 50.5 Å². The molecule has 2 fully saturated rings. The quantitative estimate of drug-likeness (QED) is 0.252. The molecule has 1 atom stereocenters. The van der Waals surface area contributed by atoms with Crippen LogP contribution in [0.25, 0.3) is 16.9 Å². The van der Waals surface area contributed by atoms with Gasteiger partial charge in [0.25, 0.3) is 11.8 Å². The van der Waals surface area contributed by atoms with Gasteiger partial charge in [-0.1, -0.05) is 12.1 Å². The number of nitrogens with zero attached hydrogens (tertiary/aromatic N) is 5. The second kappa shape index (κ2) is 12.0. The highest BCUT2D eigenvalue weighted by molar-refractivity contribution is 5.94. The average Bonchev–Trinajstić information content (AvgIpc) is 3.57. The maximum atomic E-state index is 15.3. The number of hydrogen-bond acceptors (Lipinski definition) is 9. The van der Waals surface area contributed by atoms with E-state index in [1.54, 1.807) is 19.3 Å². The standard InChI is InChI=1S/C27H24F3N7O3.C2HF3O2/c1-31-18-10-22(35-37-20(13-33-24(18)37)25(38)34-21-11-27(21,29)30)36-6-5-15-16(3-2-4-19(15)36)23-17(28)9-14(12-32-23)26-39-7-8-40-26;3-2(4,5)1(6)7/h2-4,9-10,12-13,21,26,31H,5-8,11H2,1H3,(H,34,38);(H,6,7)/t21-;/m1./s1. The number of carbonyl (C=O) groups is 2. The zero-order valence-electron chi connectivity index (χ0n) is 24.3. The fourth-order valence-corrected chi connectivity index (χ4v) is 5.25. The predicted molar refractivity (Wildman–Crippen MR) is 152 cm³/mol. The van der Waals surface area contributed by atoms with Crippen LogP contribution < -0.4 is 15.5 Å². The summed E-state index contributed by atoms with van der Waals surface area (Å²) in [5.74, 6) is -6.29. The minimum absolute atomic E-state index is 0.0470. The van der Waals surface area contributed by atoms with Crippen LogP contribution in [-0.2, 0) is 20.7 Å². The Morgan fingerprint density at radius 3 is 2.43 bits per heavy atom. The fraction of sp³-hybridized carbons (Fsp3) is 0.345. The SMILES string of the molecule is CNc1cc(N2CCc3c(-c4ncc(C5OCCO5)cc4F)cccc32)nn2c(C(=O)N[C@@H]3CC3(F)F)cnc12.O=C(O)C(F)(F)F. The zero-order chi connectivity index (χ0) is 33.7. The van der Waals surface area contributed by atoms with Gasteiger partial charge in [-0.05, 0) is 24.1 Å². The normalized spacial score (nSPS) is 18.4. The Bertz CT molecular complexity index is 1860. The minimum atomic E-state index is -5.08. The van der Waals surface area contributed by atoms with Crippen LogP contribution in [0.3, 0.4) is 0 Å². The van der Waals surface area contributed by atoms with Gasteiger partial charge in [0.15, 0.2) is 23.4 Å². The van der Waals surface area contributed by atoms with Gasteiger partial charge in [0.2, 0.25) is 0 Å². The van der Waals surface area contributed by atoms with E-state index in [0.29, 0.717) is 54.5 Å². The summed E-state index contributed by atoms with van der Waals surface area (Å²) >= 11 is 0. The number of benzene rings is 1. The first-order valence-corrected chi connectivity index (χ1v) is 14.1. The van der Waals surface area contributed by atoms with Gasteiger partial charge in [-0.25, -0.2) is 27.5 Å². The Morgan fingerprint density at radius 1 is 1.11 bits per heavy atom. The van der Waals surface area contributed by atoms with Crippen LogP contribution >= 0.6 is 0 Å². The van der Waals surface area contributed by atoms with Crippen molar-refractivity contribution in [2.24, 2.45) is 0 Å². The number of anilines is 3. The highest BCUT2D eigenvalue weighted by Crippen LogP contribution is 2.42. The molecule has 2 aliphatic heterocycles. The smallest absolute Gasteiger partial charge is 0.475 e. The number of ether oxygens (including phenoxy) is 2. The number of imidazole rings is 1. The molecule has 0 unspecified atom stereocenters. The van der Waals surface area contributed by atoms with Crippen molar-refractivity contribution >= 4 is 34.7 Å².